The number of halogens is 1. The van der Waals surface area contributed by atoms with Gasteiger partial charge >= 0.3 is 5.97 Å². The Morgan fingerprint density at radius 2 is 2.31 bits per heavy atom. The lowest BCUT2D eigenvalue weighted by Crippen LogP contribution is -2.21. The molecule has 13 heavy (non-hydrogen) atoms. The number of aromatic nitrogens is 2. The standard InChI is InChI=1S/C7H10ClN3O2/c1-3-4(5(9)7(12)13)6(8)11(2)10-3/h5H,9H2,1-2H3,(H,12,13). The molecule has 0 saturated carbocycles. The number of nitrogens with two attached hydrogens (primary N) is 1. The lowest BCUT2D eigenvalue weighted by molar-refractivity contribution is -0.138. The molecule has 1 atom stereocenters. The van der Waals surface area contributed by atoms with Crippen molar-refractivity contribution < 1.29 is 9.90 Å². The van der Waals surface area contributed by atoms with Gasteiger partial charge in [-0.3, -0.25) is 9.48 Å². The summed E-state index contributed by atoms with van der Waals surface area (Å²) in [7, 11) is 1.63. The van der Waals surface area contributed by atoms with Crippen molar-refractivity contribution in [2.75, 3.05) is 0 Å². The van der Waals surface area contributed by atoms with E-state index in [1.54, 1.807) is 14.0 Å². The molecule has 0 aliphatic carbocycles. The van der Waals surface area contributed by atoms with Crippen LogP contribution in [-0.2, 0) is 11.8 Å². The number of aliphatic carboxylic acids is 1. The van der Waals surface area contributed by atoms with Crippen molar-refractivity contribution in [1.82, 2.24) is 9.78 Å². The number of carboxylic acids is 1. The first kappa shape index (κ1) is 10.0. The summed E-state index contributed by atoms with van der Waals surface area (Å²) in [6, 6.07) is -1.11. The summed E-state index contributed by atoms with van der Waals surface area (Å²) in [6.07, 6.45) is 0. The summed E-state index contributed by atoms with van der Waals surface area (Å²) in [6.45, 7) is 1.67. The quantitative estimate of drug-likeness (QED) is 0.732. The van der Waals surface area contributed by atoms with Crippen LogP contribution < -0.4 is 5.73 Å². The Kier molecular flexibility index (Phi) is 2.58. The van der Waals surface area contributed by atoms with E-state index in [9.17, 15) is 4.79 Å². The first-order chi connectivity index (χ1) is 5.95. The van der Waals surface area contributed by atoms with Gasteiger partial charge < -0.3 is 10.8 Å². The van der Waals surface area contributed by atoms with Crippen LogP contribution in [0.4, 0.5) is 0 Å². The van der Waals surface area contributed by atoms with Crippen LogP contribution in [0.15, 0.2) is 0 Å². The van der Waals surface area contributed by atoms with Gasteiger partial charge in [0, 0.05) is 12.6 Å². The summed E-state index contributed by atoms with van der Waals surface area (Å²) in [5.74, 6) is -1.11. The van der Waals surface area contributed by atoms with E-state index in [1.165, 1.54) is 4.68 Å². The Morgan fingerprint density at radius 3 is 2.62 bits per heavy atom. The van der Waals surface area contributed by atoms with E-state index in [0.717, 1.165) is 0 Å². The number of carboxylic acid groups (broad SMARTS) is 1. The zero-order chi connectivity index (χ0) is 10.2. The van der Waals surface area contributed by atoms with Crippen LogP contribution in [0.5, 0.6) is 0 Å². The molecule has 6 heteroatoms. The molecule has 72 valence electrons. The second kappa shape index (κ2) is 3.35. The predicted octanol–water partition coefficient (Wildman–Crippen LogP) is 0.466. The zero-order valence-corrected chi connectivity index (χ0v) is 8.04. The summed E-state index contributed by atoms with van der Waals surface area (Å²) < 4.78 is 1.40. The first-order valence-electron chi connectivity index (χ1n) is 3.62. The number of hydrogen-bond acceptors (Lipinski definition) is 3. The molecular formula is C7H10ClN3O2. The first-order valence-corrected chi connectivity index (χ1v) is 4.00. The average molecular weight is 204 g/mol. The normalized spacial score (nSPS) is 12.9. The monoisotopic (exact) mass is 203 g/mol. The van der Waals surface area contributed by atoms with Gasteiger partial charge in [-0.2, -0.15) is 5.10 Å². The van der Waals surface area contributed by atoms with Crippen LogP contribution in [0.1, 0.15) is 17.3 Å². The second-order valence-corrected chi connectivity index (χ2v) is 3.09. The lowest BCUT2D eigenvalue weighted by Gasteiger charge is -2.04. The van der Waals surface area contributed by atoms with E-state index in [0.29, 0.717) is 11.3 Å². The molecule has 1 aromatic rings. The van der Waals surface area contributed by atoms with Crippen LogP contribution in [-0.4, -0.2) is 20.9 Å². The molecule has 5 nitrogen and oxygen atoms in total. The minimum atomic E-state index is -1.11. The molecule has 0 aliphatic rings. The molecule has 0 aromatic carbocycles. The number of hydrogen-bond donors (Lipinski definition) is 2. The Bertz CT molecular complexity index is 348. The molecule has 0 saturated heterocycles. The van der Waals surface area contributed by atoms with Crippen molar-refractivity contribution in [2.24, 2.45) is 12.8 Å². The smallest absolute Gasteiger partial charge is 0.325 e. The third-order valence-electron chi connectivity index (χ3n) is 1.77. The van der Waals surface area contributed by atoms with Gasteiger partial charge in [0.05, 0.1) is 5.69 Å². The summed E-state index contributed by atoms with van der Waals surface area (Å²) >= 11 is 5.81. The van der Waals surface area contributed by atoms with E-state index in [4.69, 9.17) is 22.4 Å². The van der Waals surface area contributed by atoms with Crippen molar-refractivity contribution in [2.45, 2.75) is 13.0 Å². The van der Waals surface area contributed by atoms with Crippen LogP contribution in [0.25, 0.3) is 0 Å². The van der Waals surface area contributed by atoms with Crippen molar-refractivity contribution in [3.05, 3.63) is 16.4 Å². The fourth-order valence-corrected chi connectivity index (χ4v) is 1.42. The van der Waals surface area contributed by atoms with Gasteiger partial charge in [-0.25, -0.2) is 0 Å². The molecule has 0 fully saturated rings. The minimum absolute atomic E-state index is 0.271. The molecule has 0 bridgehead atoms. The van der Waals surface area contributed by atoms with Gasteiger partial charge in [0.25, 0.3) is 0 Å². The van der Waals surface area contributed by atoms with Gasteiger partial charge in [-0.05, 0) is 6.92 Å². The maximum Gasteiger partial charge on any atom is 0.325 e. The molecule has 1 aromatic heterocycles. The summed E-state index contributed by atoms with van der Waals surface area (Å²) in [5.41, 5.74) is 6.33. The maximum atomic E-state index is 10.6. The Balaban J connectivity index is 3.20. The van der Waals surface area contributed by atoms with Gasteiger partial charge in [0.1, 0.15) is 11.2 Å². The fourth-order valence-electron chi connectivity index (χ4n) is 1.12. The largest absolute Gasteiger partial charge is 0.480 e. The molecular weight excluding hydrogens is 194 g/mol. The lowest BCUT2D eigenvalue weighted by atomic mass is 10.1. The molecule has 1 unspecified atom stereocenters. The van der Waals surface area contributed by atoms with Gasteiger partial charge in [0.2, 0.25) is 0 Å². The van der Waals surface area contributed by atoms with Gasteiger partial charge in [0.15, 0.2) is 0 Å². The molecule has 0 aliphatic heterocycles. The third kappa shape index (κ3) is 1.66. The SMILES string of the molecule is Cc1nn(C)c(Cl)c1C(N)C(=O)O. The van der Waals surface area contributed by atoms with Crippen molar-refractivity contribution >= 4 is 17.6 Å². The molecule has 0 amide bonds. The summed E-state index contributed by atoms with van der Waals surface area (Å²) in [4.78, 5) is 10.6. The fraction of sp³-hybridized carbons (Fsp3) is 0.429. The third-order valence-corrected chi connectivity index (χ3v) is 2.22. The van der Waals surface area contributed by atoms with Crippen LogP contribution in [0.3, 0.4) is 0 Å². The van der Waals surface area contributed by atoms with Crippen molar-refractivity contribution in [3.8, 4) is 0 Å². The number of carbonyl (C=O) groups is 1. The highest BCUT2D eigenvalue weighted by Crippen LogP contribution is 2.24. The van der Waals surface area contributed by atoms with Crippen LogP contribution in [0.2, 0.25) is 5.15 Å². The van der Waals surface area contributed by atoms with E-state index in [1.807, 2.05) is 0 Å². The molecule has 0 spiro atoms. The van der Waals surface area contributed by atoms with E-state index >= 15 is 0 Å². The molecule has 1 rings (SSSR count). The van der Waals surface area contributed by atoms with Crippen LogP contribution >= 0.6 is 11.6 Å². The van der Waals surface area contributed by atoms with Gasteiger partial charge in [-0.15, -0.1) is 0 Å². The van der Waals surface area contributed by atoms with E-state index in [-0.39, 0.29) is 5.15 Å². The highest BCUT2D eigenvalue weighted by Gasteiger charge is 2.23. The summed E-state index contributed by atoms with van der Waals surface area (Å²) in [5, 5.41) is 12.9. The minimum Gasteiger partial charge on any atom is -0.480 e. The molecule has 0 radical (unpaired) electrons. The topological polar surface area (TPSA) is 81.1 Å². The number of aryl methyl sites for hydroxylation is 2. The average Bonchev–Trinajstić information content (AvgIpc) is 2.26. The molecule has 3 N–H and O–H groups in total. The van der Waals surface area contributed by atoms with E-state index < -0.39 is 12.0 Å². The van der Waals surface area contributed by atoms with Gasteiger partial charge in [-0.1, -0.05) is 11.6 Å². The molecule has 1 heterocycles. The highest BCUT2D eigenvalue weighted by molar-refractivity contribution is 6.30. The Hall–Kier alpha value is -1.07. The number of rotatable bonds is 2. The predicted molar refractivity (Wildman–Crippen MR) is 47.5 cm³/mol. The van der Waals surface area contributed by atoms with Crippen molar-refractivity contribution in [3.63, 3.8) is 0 Å². The Morgan fingerprint density at radius 1 is 1.77 bits per heavy atom. The van der Waals surface area contributed by atoms with Crippen LogP contribution in [0, 0.1) is 6.92 Å². The number of nitrogens with zero attached hydrogens (tertiary/aromatic N) is 2. The zero-order valence-electron chi connectivity index (χ0n) is 7.28. The maximum absolute atomic E-state index is 10.6. The highest BCUT2D eigenvalue weighted by atomic mass is 35.5. The Labute approximate surface area is 80.1 Å². The van der Waals surface area contributed by atoms with E-state index in [2.05, 4.69) is 5.10 Å². The van der Waals surface area contributed by atoms with Crippen molar-refractivity contribution in [1.29, 1.82) is 0 Å². The second-order valence-electron chi connectivity index (χ2n) is 2.73.